The van der Waals surface area contributed by atoms with E-state index in [0.717, 1.165) is 4.90 Å². The molecule has 1 aromatic heterocycles. The Morgan fingerprint density at radius 3 is 2.84 bits per heavy atom. The van der Waals surface area contributed by atoms with Gasteiger partial charge in [-0.1, -0.05) is 0 Å². The summed E-state index contributed by atoms with van der Waals surface area (Å²) in [6, 6.07) is 2.49. The van der Waals surface area contributed by atoms with Crippen LogP contribution in [0.4, 0.5) is 13.6 Å². The average molecular weight is 274 g/mol. The summed E-state index contributed by atoms with van der Waals surface area (Å²) in [7, 11) is 0. The minimum absolute atomic E-state index is 0.0491. The van der Waals surface area contributed by atoms with Gasteiger partial charge in [0.1, 0.15) is 11.4 Å². The minimum Gasteiger partial charge on any atom is -0.493 e. The Morgan fingerprint density at radius 1 is 1.58 bits per heavy atom. The molecule has 0 aliphatic carbocycles. The molecule has 104 valence electrons. The lowest BCUT2D eigenvalue weighted by Gasteiger charge is -2.25. The van der Waals surface area contributed by atoms with E-state index in [2.05, 4.69) is 4.98 Å². The molecule has 1 aromatic rings. The molecule has 1 aliphatic heterocycles. The van der Waals surface area contributed by atoms with E-state index < -0.39 is 24.7 Å². The van der Waals surface area contributed by atoms with Gasteiger partial charge in [0.15, 0.2) is 6.10 Å². The molecule has 6 nitrogen and oxygen atoms in total. The van der Waals surface area contributed by atoms with E-state index in [0.29, 0.717) is 6.92 Å². The lowest BCUT2D eigenvalue weighted by Crippen LogP contribution is -2.45. The van der Waals surface area contributed by atoms with Gasteiger partial charge in [-0.05, 0) is 6.07 Å². The van der Waals surface area contributed by atoms with Crippen LogP contribution in [0.25, 0.3) is 0 Å². The summed E-state index contributed by atoms with van der Waals surface area (Å²) in [6.07, 6.45) is -2.95. The Morgan fingerprint density at radius 2 is 2.26 bits per heavy atom. The fourth-order valence-electron chi connectivity index (χ4n) is 1.74. The predicted molar refractivity (Wildman–Crippen MR) is 59.4 cm³/mol. The minimum atomic E-state index is -3.20. The van der Waals surface area contributed by atoms with Gasteiger partial charge in [-0.25, -0.2) is 18.6 Å². The SMILES string of the molecule is CC(F)(F)[C@@H]1CN(C(=O)O)Cc2nc(O)ccc2O1. The zero-order chi connectivity index (χ0) is 14.2. The number of amides is 1. The van der Waals surface area contributed by atoms with E-state index in [1.165, 1.54) is 12.1 Å². The van der Waals surface area contributed by atoms with Gasteiger partial charge in [0.25, 0.3) is 5.92 Å². The van der Waals surface area contributed by atoms with Crippen molar-refractivity contribution in [2.45, 2.75) is 25.5 Å². The monoisotopic (exact) mass is 274 g/mol. The highest BCUT2D eigenvalue weighted by atomic mass is 19.3. The number of aromatic hydroxyl groups is 1. The molecule has 2 rings (SSSR count). The van der Waals surface area contributed by atoms with Crippen LogP contribution in [-0.4, -0.2) is 44.8 Å². The standard InChI is InChI=1S/C11H12F2N2O4/c1-11(12,13)8-5-15(10(17)18)4-6-7(19-8)2-3-9(16)14-6/h2-3,8H,4-5H2,1H3,(H,14,16)(H,17,18)/t8-/m0/s1. The molecule has 19 heavy (non-hydrogen) atoms. The van der Waals surface area contributed by atoms with Crippen molar-refractivity contribution in [1.29, 1.82) is 0 Å². The first-order valence-electron chi connectivity index (χ1n) is 5.48. The van der Waals surface area contributed by atoms with Gasteiger partial charge in [-0.2, -0.15) is 0 Å². The van der Waals surface area contributed by atoms with Crippen LogP contribution in [0.2, 0.25) is 0 Å². The predicted octanol–water partition coefficient (Wildman–Crippen LogP) is 1.68. The number of carbonyl (C=O) groups is 1. The number of pyridine rings is 1. The number of aromatic nitrogens is 1. The highest BCUT2D eigenvalue weighted by Crippen LogP contribution is 2.31. The molecule has 0 fully saturated rings. The molecule has 2 N–H and O–H groups in total. The van der Waals surface area contributed by atoms with E-state index in [1.54, 1.807) is 0 Å². The molecule has 1 aliphatic rings. The summed E-state index contributed by atoms with van der Waals surface area (Å²) in [5.74, 6) is -3.48. The molecule has 1 atom stereocenters. The molecule has 0 spiro atoms. The molecule has 0 bridgehead atoms. The molecule has 0 aromatic carbocycles. The molecule has 0 radical (unpaired) electrons. The van der Waals surface area contributed by atoms with E-state index >= 15 is 0 Å². The van der Waals surface area contributed by atoms with Crippen LogP contribution in [0, 0.1) is 0 Å². The Labute approximate surface area is 107 Å². The second kappa shape index (κ2) is 4.52. The van der Waals surface area contributed by atoms with Crippen molar-refractivity contribution >= 4 is 6.09 Å². The third-order valence-corrected chi connectivity index (χ3v) is 2.75. The Balaban J connectivity index is 2.40. The number of nitrogens with zero attached hydrogens (tertiary/aromatic N) is 2. The maximum absolute atomic E-state index is 13.4. The molecule has 8 heteroatoms. The van der Waals surface area contributed by atoms with Crippen molar-refractivity contribution in [3.8, 4) is 11.6 Å². The average Bonchev–Trinajstić information content (AvgIpc) is 2.47. The maximum Gasteiger partial charge on any atom is 0.407 e. The van der Waals surface area contributed by atoms with Gasteiger partial charge in [0.05, 0.1) is 13.1 Å². The van der Waals surface area contributed by atoms with Crippen molar-refractivity contribution < 1.29 is 28.5 Å². The number of fused-ring (bicyclic) bond motifs is 1. The third-order valence-electron chi connectivity index (χ3n) is 2.75. The van der Waals surface area contributed by atoms with E-state index in [4.69, 9.17) is 9.84 Å². The van der Waals surface area contributed by atoms with E-state index in [1.807, 2.05) is 0 Å². The number of alkyl halides is 2. The molecular formula is C11H12F2N2O4. The first-order valence-corrected chi connectivity index (χ1v) is 5.48. The van der Waals surface area contributed by atoms with Crippen LogP contribution in [0.3, 0.4) is 0 Å². The van der Waals surface area contributed by atoms with Crippen LogP contribution < -0.4 is 4.74 Å². The Hall–Kier alpha value is -2.12. The molecular weight excluding hydrogens is 262 g/mol. The Kier molecular flexibility index (Phi) is 3.17. The number of carboxylic acid groups (broad SMARTS) is 1. The first-order chi connectivity index (χ1) is 8.77. The summed E-state index contributed by atoms with van der Waals surface area (Å²) >= 11 is 0. The van der Waals surface area contributed by atoms with Crippen LogP contribution in [0.15, 0.2) is 12.1 Å². The number of ether oxygens (including phenoxy) is 1. The van der Waals surface area contributed by atoms with Crippen molar-refractivity contribution in [1.82, 2.24) is 9.88 Å². The number of hydrogen-bond donors (Lipinski definition) is 2. The second-order valence-corrected chi connectivity index (χ2v) is 4.34. The lowest BCUT2D eigenvalue weighted by molar-refractivity contribution is -0.0856. The molecule has 0 unspecified atom stereocenters. The van der Waals surface area contributed by atoms with Crippen LogP contribution >= 0.6 is 0 Å². The normalized spacial score (nSPS) is 19.3. The largest absolute Gasteiger partial charge is 0.493 e. The van der Waals surface area contributed by atoms with E-state index in [-0.39, 0.29) is 23.9 Å². The summed E-state index contributed by atoms with van der Waals surface area (Å²) in [5, 5.41) is 18.2. The van der Waals surface area contributed by atoms with E-state index in [9.17, 15) is 18.7 Å². The molecule has 0 saturated heterocycles. The molecule has 1 amide bonds. The summed E-state index contributed by atoms with van der Waals surface area (Å²) in [4.78, 5) is 15.5. The number of halogens is 2. The maximum atomic E-state index is 13.4. The lowest BCUT2D eigenvalue weighted by atomic mass is 10.2. The fraction of sp³-hybridized carbons (Fsp3) is 0.455. The van der Waals surface area contributed by atoms with Crippen molar-refractivity contribution in [3.63, 3.8) is 0 Å². The smallest absolute Gasteiger partial charge is 0.407 e. The van der Waals surface area contributed by atoms with Crippen molar-refractivity contribution in [3.05, 3.63) is 17.8 Å². The fourth-order valence-corrected chi connectivity index (χ4v) is 1.74. The van der Waals surface area contributed by atoms with Gasteiger partial charge in [-0.3, -0.25) is 4.90 Å². The number of hydrogen-bond acceptors (Lipinski definition) is 4. The van der Waals surface area contributed by atoms with Gasteiger partial charge < -0.3 is 14.9 Å². The topological polar surface area (TPSA) is 82.9 Å². The zero-order valence-corrected chi connectivity index (χ0v) is 10.0. The highest BCUT2D eigenvalue weighted by molar-refractivity contribution is 5.65. The molecule has 2 heterocycles. The summed E-state index contributed by atoms with van der Waals surface area (Å²) in [6.45, 7) is -0.0296. The van der Waals surface area contributed by atoms with Gasteiger partial charge in [0, 0.05) is 13.0 Å². The second-order valence-electron chi connectivity index (χ2n) is 4.34. The van der Waals surface area contributed by atoms with Gasteiger partial charge in [0.2, 0.25) is 5.88 Å². The number of rotatable bonds is 1. The quantitative estimate of drug-likeness (QED) is 0.814. The van der Waals surface area contributed by atoms with Gasteiger partial charge in [-0.15, -0.1) is 0 Å². The van der Waals surface area contributed by atoms with Crippen molar-refractivity contribution in [2.75, 3.05) is 6.54 Å². The van der Waals surface area contributed by atoms with Crippen LogP contribution in [0.1, 0.15) is 12.6 Å². The highest BCUT2D eigenvalue weighted by Gasteiger charge is 2.41. The summed E-state index contributed by atoms with van der Waals surface area (Å²) in [5.41, 5.74) is 0.106. The van der Waals surface area contributed by atoms with Gasteiger partial charge >= 0.3 is 6.09 Å². The first kappa shape index (κ1) is 13.3. The zero-order valence-electron chi connectivity index (χ0n) is 10.0. The van der Waals surface area contributed by atoms with Crippen LogP contribution in [0.5, 0.6) is 11.6 Å². The third kappa shape index (κ3) is 2.83. The van der Waals surface area contributed by atoms with Crippen molar-refractivity contribution in [2.24, 2.45) is 0 Å². The Bertz CT molecular complexity index is 504. The molecule has 0 saturated carbocycles. The summed E-state index contributed by atoms with van der Waals surface area (Å²) < 4.78 is 31.9. The van der Waals surface area contributed by atoms with Crippen LogP contribution in [-0.2, 0) is 6.54 Å².